The van der Waals surface area contributed by atoms with E-state index in [0.717, 1.165) is 18.8 Å². The number of aromatic nitrogens is 3. The Hall–Kier alpha value is -2.60. The van der Waals surface area contributed by atoms with E-state index in [1.165, 1.54) is 31.0 Å². The maximum Gasteiger partial charge on any atom is 0.335 e. The molecule has 1 amide bonds. The second-order valence-electron chi connectivity index (χ2n) is 9.19. The van der Waals surface area contributed by atoms with Gasteiger partial charge < -0.3 is 15.0 Å². The van der Waals surface area contributed by atoms with Crippen molar-refractivity contribution in [2.75, 3.05) is 31.6 Å². The molecule has 4 rings (SSSR count). The van der Waals surface area contributed by atoms with E-state index < -0.39 is 17.5 Å². The zero-order chi connectivity index (χ0) is 26.5. The van der Waals surface area contributed by atoms with Gasteiger partial charge in [-0.2, -0.15) is 13.5 Å². The second kappa shape index (κ2) is 12.1. The van der Waals surface area contributed by atoms with E-state index in [9.17, 15) is 13.6 Å². The quantitative estimate of drug-likeness (QED) is 0.561. The SMILES string of the molecule is CCn1nc(C(=O)NCC2CCC(C)CC2)c(Cl)c1-c1cnc(N2CC(F)(F)C2)cc1OC.O=S=O. The Morgan fingerprint density at radius 1 is 1.28 bits per heavy atom. The number of aryl methyl sites for hydroxylation is 1. The predicted octanol–water partition coefficient (Wildman–Crippen LogP) is 3.97. The third-order valence-electron chi connectivity index (χ3n) is 6.59. The summed E-state index contributed by atoms with van der Waals surface area (Å²) in [6.07, 6.45) is 6.14. The van der Waals surface area contributed by atoms with Gasteiger partial charge in [0.1, 0.15) is 11.6 Å². The molecule has 0 spiro atoms. The number of nitrogens with zero attached hydrogens (tertiary/aromatic N) is 4. The van der Waals surface area contributed by atoms with E-state index in [1.54, 1.807) is 10.7 Å². The third-order valence-corrected chi connectivity index (χ3v) is 6.95. The van der Waals surface area contributed by atoms with Crippen LogP contribution in [0.2, 0.25) is 5.02 Å². The van der Waals surface area contributed by atoms with Gasteiger partial charge in [-0.3, -0.25) is 9.48 Å². The number of ether oxygens (including phenoxy) is 1. The normalized spacial score (nSPS) is 20.6. The molecule has 2 aromatic heterocycles. The number of rotatable bonds is 7. The lowest BCUT2D eigenvalue weighted by molar-refractivity contribution is -0.0267. The van der Waals surface area contributed by atoms with Crippen molar-refractivity contribution in [3.63, 3.8) is 0 Å². The molecule has 36 heavy (non-hydrogen) atoms. The van der Waals surface area contributed by atoms with Gasteiger partial charge in [0.2, 0.25) is 0 Å². The number of carbonyl (C=O) groups is 1. The number of hydrogen-bond acceptors (Lipinski definition) is 7. The summed E-state index contributed by atoms with van der Waals surface area (Å²) < 4.78 is 50.3. The first-order valence-electron chi connectivity index (χ1n) is 11.8. The Bertz CT molecular complexity index is 1110. The molecule has 2 aliphatic rings. The Kier molecular flexibility index (Phi) is 9.40. The Balaban J connectivity index is 0.00000115. The molecule has 2 aromatic rings. The average molecular weight is 546 g/mol. The summed E-state index contributed by atoms with van der Waals surface area (Å²) >= 11 is 5.90. The minimum Gasteiger partial charge on any atom is -0.496 e. The molecule has 0 aromatic carbocycles. The van der Waals surface area contributed by atoms with Crippen LogP contribution in [-0.4, -0.2) is 61.8 Å². The molecular formula is C23H30ClF2N5O4S. The van der Waals surface area contributed by atoms with Gasteiger partial charge in [0, 0.05) is 25.4 Å². The van der Waals surface area contributed by atoms with Gasteiger partial charge >= 0.3 is 11.6 Å². The number of methoxy groups -OCH3 is 1. The van der Waals surface area contributed by atoms with Crippen molar-refractivity contribution < 1.29 is 26.7 Å². The fourth-order valence-corrected chi connectivity index (χ4v) is 4.87. The van der Waals surface area contributed by atoms with Gasteiger partial charge in [-0.15, -0.1) is 0 Å². The largest absolute Gasteiger partial charge is 0.496 e. The first-order valence-corrected chi connectivity index (χ1v) is 12.8. The summed E-state index contributed by atoms with van der Waals surface area (Å²) in [5.74, 6) is -0.951. The van der Waals surface area contributed by atoms with Crippen molar-refractivity contribution in [2.24, 2.45) is 11.8 Å². The molecule has 198 valence electrons. The van der Waals surface area contributed by atoms with E-state index in [-0.39, 0.29) is 29.7 Å². The number of hydrogen-bond donors (Lipinski definition) is 1. The van der Waals surface area contributed by atoms with Crippen molar-refractivity contribution in [3.05, 3.63) is 23.0 Å². The zero-order valence-electron chi connectivity index (χ0n) is 20.4. The van der Waals surface area contributed by atoms with Crippen LogP contribution in [0.25, 0.3) is 11.3 Å². The molecule has 9 nitrogen and oxygen atoms in total. The van der Waals surface area contributed by atoms with Crippen molar-refractivity contribution in [3.8, 4) is 17.0 Å². The number of halogens is 3. The van der Waals surface area contributed by atoms with Crippen molar-refractivity contribution in [1.82, 2.24) is 20.1 Å². The van der Waals surface area contributed by atoms with Gasteiger partial charge in [-0.25, -0.2) is 13.8 Å². The third kappa shape index (κ3) is 6.39. The lowest BCUT2D eigenvalue weighted by Gasteiger charge is -2.39. The minimum atomic E-state index is -2.70. The van der Waals surface area contributed by atoms with Gasteiger partial charge in [-0.1, -0.05) is 31.4 Å². The van der Waals surface area contributed by atoms with Gasteiger partial charge in [0.05, 0.1) is 36.5 Å². The average Bonchev–Trinajstić information content (AvgIpc) is 3.18. The molecule has 1 saturated heterocycles. The molecule has 0 bridgehead atoms. The predicted molar refractivity (Wildman–Crippen MR) is 132 cm³/mol. The van der Waals surface area contributed by atoms with Gasteiger partial charge in [0.15, 0.2) is 5.69 Å². The number of pyridine rings is 1. The number of carbonyl (C=O) groups excluding carboxylic acids is 1. The first-order chi connectivity index (χ1) is 17.1. The van der Waals surface area contributed by atoms with Crippen LogP contribution < -0.4 is 15.0 Å². The standard InChI is InChI=1S/C23H30ClF2N5O2.O2S/c1-4-31-21(16-11-27-18(9-17(16)33-3)30-12-23(25,26)13-30)19(24)20(29-31)22(32)28-10-15-7-5-14(2)6-8-15;1-3-2/h9,11,14-15H,4-8,10,12-13H2,1-3H3,(H,28,32);. The van der Waals surface area contributed by atoms with E-state index >= 15 is 0 Å². The number of alkyl halides is 2. The highest BCUT2D eigenvalue weighted by Gasteiger charge is 2.44. The molecule has 13 heteroatoms. The van der Waals surface area contributed by atoms with Crippen LogP contribution in [0.5, 0.6) is 5.75 Å². The number of nitrogens with one attached hydrogen (secondary N) is 1. The van der Waals surface area contributed by atoms with E-state index in [4.69, 9.17) is 24.8 Å². The lowest BCUT2D eigenvalue weighted by atomic mass is 9.83. The molecule has 0 unspecified atom stereocenters. The summed E-state index contributed by atoms with van der Waals surface area (Å²) in [7, 11) is 1.49. The summed E-state index contributed by atoms with van der Waals surface area (Å²) in [6.45, 7) is 4.50. The minimum absolute atomic E-state index is 0.159. The van der Waals surface area contributed by atoms with Crippen LogP contribution in [0.4, 0.5) is 14.6 Å². The molecule has 0 atom stereocenters. The monoisotopic (exact) mass is 545 g/mol. The smallest absolute Gasteiger partial charge is 0.335 e. The van der Waals surface area contributed by atoms with E-state index in [2.05, 4.69) is 22.3 Å². The maximum absolute atomic E-state index is 13.3. The van der Waals surface area contributed by atoms with Crippen LogP contribution in [-0.2, 0) is 18.1 Å². The van der Waals surface area contributed by atoms with Crippen molar-refractivity contribution in [1.29, 1.82) is 0 Å². The van der Waals surface area contributed by atoms with Crippen LogP contribution in [0.15, 0.2) is 12.3 Å². The zero-order valence-corrected chi connectivity index (χ0v) is 22.0. The Morgan fingerprint density at radius 2 is 1.92 bits per heavy atom. The molecule has 1 saturated carbocycles. The first kappa shape index (κ1) is 28.0. The summed E-state index contributed by atoms with van der Waals surface area (Å²) in [4.78, 5) is 18.7. The van der Waals surface area contributed by atoms with Gasteiger partial charge in [0.25, 0.3) is 11.8 Å². The maximum atomic E-state index is 13.3. The number of amides is 1. The van der Waals surface area contributed by atoms with Crippen molar-refractivity contribution >= 4 is 34.9 Å². The van der Waals surface area contributed by atoms with Crippen LogP contribution >= 0.6 is 11.6 Å². The molecule has 1 aliphatic heterocycles. The summed E-state index contributed by atoms with van der Waals surface area (Å²) in [6, 6.07) is 1.61. The second-order valence-corrected chi connectivity index (χ2v) is 9.70. The topological polar surface area (TPSA) is 106 Å². The van der Waals surface area contributed by atoms with Crippen LogP contribution in [0.1, 0.15) is 50.0 Å². The highest BCUT2D eigenvalue weighted by atomic mass is 35.5. The van der Waals surface area contributed by atoms with E-state index in [1.807, 2.05) is 6.92 Å². The summed E-state index contributed by atoms with van der Waals surface area (Å²) in [5, 5.41) is 7.65. The Labute approximate surface area is 217 Å². The fraction of sp³-hybridized carbons (Fsp3) is 0.609. The van der Waals surface area contributed by atoms with Crippen LogP contribution in [0, 0.1) is 11.8 Å². The lowest BCUT2D eigenvalue weighted by Crippen LogP contribution is -2.56. The number of anilines is 1. The molecular weight excluding hydrogens is 516 g/mol. The fourth-order valence-electron chi connectivity index (χ4n) is 4.55. The molecule has 1 N–H and O–H groups in total. The summed E-state index contributed by atoms with van der Waals surface area (Å²) in [5.41, 5.74) is 1.22. The molecule has 3 heterocycles. The van der Waals surface area contributed by atoms with Gasteiger partial charge in [-0.05, 0) is 31.6 Å². The highest BCUT2D eigenvalue weighted by Crippen LogP contribution is 2.39. The van der Waals surface area contributed by atoms with Crippen LogP contribution in [0.3, 0.4) is 0 Å². The van der Waals surface area contributed by atoms with Crippen molar-refractivity contribution in [2.45, 2.75) is 52.0 Å². The molecule has 1 aliphatic carbocycles. The molecule has 2 fully saturated rings. The van der Waals surface area contributed by atoms with E-state index in [0.29, 0.717) is 41.8 Å². The Morgan fingerprint density at radius 3 is 2.47 bits per heavy atom. The highest BCUT2D eigenvalue weighted by molar-refractivity contribution is 7.51. The molecule has 0 radical (unpaired) electrons.